The van der Waals surface area contributed by atoms with E-state index in [9.17, 15) is 0 Å². The third-order valence-electron chi connectivity index (χ3n) is 2.65. The van der Waals surface area contributed by atoms with Crippen LogP contribution in [0.5, 0.6) is 5.75 Å². The van der Waals surface area contributed by atoms with Crippen LogP contribution in [-0.2, 0) is 0 Å². The van der Waals surface area contributed by atoms with E-state index in [2.05, 4.69) is 26.0 Å². The van der Waals surface area contributed by atoms with Crippen LogP contribution in [0.15, 0.2) is 24.3 Å². The van der Waals surface area contributed by atoms with Gasteiger partial charge in [0.05, 0.1) is 0 Å². The molecule has 1 aromatic carbocycles. The number of rotatable bonds is 3. The van der Waals surface area contributed by atoms with Crippen LogP contribution in [0.4, 0.5) is 0 Å². The molecule has 1 saturated heterocycles. The molecule has 2 rings (SSSR count). The van der Waals surface area contributed by atoms with Gasteiger partial charge in [-0.2, -0.15) is 11.8 Å². The molecule has 0 bridgehead atoms. The molecule has 14 heavy (non-hydrogen) atoms. The predicted octanol–water partition coefficient (Wildman–Crippen LogP) is 3.27. The summed E-state index contributed by atoms with van der Waals surface area (Å²) in [6.45, 7) is 5.20. The van der Waals surface area contributed by atoms with E-state index in [1.165, 1.54) is 17.7 Å². The average molecular weight is 208 g/mol. The molecule has 0 saturated carbocycles. The Kier molecular flexibility index (Phi) is 2.73. The fourth-order valence-electron chi connectivity index (χ4n) is 1.43. The molecule has 1 atom stereocenters. The molecule has 0 aliphatic carbocycles. The van der Waals surface area contributed by atoms with Crippen molar-refractivity contribution in [2.75, 3.05) is 12.4 Å². The number of thioether (sulfide) groups is 1. The lowest BCUT2D eigenvalue weighted by Crippen LogP contribution is -2.37. The molecule has 1 heterocycles. The van der Waals surface area contributed by atoms with Gasteiger partial charge < -0.3 is 4.74 Å². The molecule has 1 fully saturated rings. The highest BCUT2D eigenvalue weighted by Crippen LogP contribution is 2.40. The fraction of sp³-hybridized carbons (Fsp3) is 0.500. The van der Waals surface area contributed by atoms with E-state index in [-0.39, 0.29) is 0 Å². The second kappa shape index (κ2) is 3.85. The molecule has 2 heteroatoms. The second-order valence-electron chi connectivity index (χ2n) is 4.15. The van der Waals surface area contributed by atoms with Gasteiger partial charge in [0.2, 0.25) is 0 Å². The lowest BCUT2D eigenvalue weighted by molar-refractivity contribution is 0.269. The molecule has 0 N–H and O–H groups in total. The molecule has 0 radical (unpaired) electrons. The van der Waals surface area contributed by atoms with Gasteiger partial charge in [-0.15, -0.1) is 0 Å². The molecule has 0 aromatic heterocycles. The summed E-state index contributed by atoms with van der Waals surface area (Å²) in [6, 6.07) is 8.27. The van der Waals surface area contributed by atoms with Crippen molar-refractivity contribution in [2.24, 2.45) is 0 Å². The summed E-state index contributed by atoms with van der Waals surface area (Å²) in [4.78, 5) is 0. The average Bonchev–Trinajstić information content (AvgIpc) is 2.14. The topological polar surface area (TPSA) is 9.23 Å². The Balaban J connectivity index is 1.88. The Morgan fingerprint density at radius 3 is 2.50 bits per heavy atom. The summed E-state index contributed by atoms with van der Waals surface area (Å²) in [6.07, 6.45) is 1.28. The van der Waals surface area contributed by atoms with Crippen LogP contribution in [0.2, 0.25) is 0 Å². The molecular weight excluding hydrogens is 192 g/mol. The van der Waals surface area contributed by atoms with E-state index in [0.717, 1.165) is 12.4 Å². The maximum absolute atomic E-state index is 5.75. The van der Waals surface area contributed by atoms with E-state index in [0.29, 0.717) is 4.75 Å². The SMILES string of the molecule is Cc1ccc(OCC2(C)CCS2)cc1. The van der Waals surface area contributed by atoms with E-state index < -0.39 is 0 Å². The first-order valence-corrected chi connectivity index (χ1v) is 6.00. The number of aryl methyl sites for hydroxylation is 1. The van der Waals surface area contributed by atoms with Crippen LogP contribution in [0.25, 0.3) is 0 Å². The smallest absolute Gasteiger partial charge is 0.119 e. The van der Waals surface area contributed by atoms with Gasteiger partial charge in [-0.3, -0.25) is 0 Å². The van der Waals surface area contributed by atoms with Gasteiger partial charge in [-0.25, -0.2) is 0 Å². The largest absolute Gasteiger partial charge is 0.492 e. The van der Waals surface area contributed by atoms with Gasteiger partial charge in [-0.1, -0.05) is 17.7 Å². The monoisotopic (exact) mass is 208 g/mol. The van der Waals surface area contributed by atoms with Gasteiger partial charge in [0, 0.05) is 4.75 Å². The Bertz CT molecular complexity index is 301. The van der Waals surface area contributed by atoms with Gasteiger partial charge in [0.25, 0.3) is 0 Å². The first kappa shape index (κ1) is 9.91. The summed E-state index contributed by atoms with van der Waals surface area (Å²) < 4.78 is 6.11. The van der Waals surface area contributed by atoms with E-state index in [4.69, 9.17) is 4.74 Å². The van der Waals surface area contributed by atoms with Gasteiger partial charge >= 0.3 is 0 Å². The Morgan fingerprint density at radius 1 is 1.36 bits per heavy atom. The van der Waals surface area contributed by atoms with E-state index in [1.54, 1.807) is 0 Å². The third kappa shape index (κ3) is 2.24. The van der Waals surface area contributed by atoms with Crippen molar-refractivity contribution < 1.29 is 4.74 Å². The summed E-state index contributed by atoms with van der Waals surface area (Å²) in [5.41, 5.74) is 1.28. The highest BCUT2D eigenvalue weighted by Gasteiger charge is 2.33. The minimum atomic E-state index is 0.366. The lowest BCUT2D eigenvalue weighted by Gasteiger charge is -2.37. The summed E-state index contributed by atoms with van der Waals surface area (Å²) in [5, 5.41) is 0. The van der Waals surface area contributed by atoms with E-state index in [1.807, 2.05) is 23.9 Å². The minimum Gasteiger partial charge on any atom is -0.492 e. The van der Waals surface area contributed by atoms with Gasteiger partial charge in [-0.05, 0) is 38.2 Å². The van der Waals surface area contributed by atoms with Crippen molar-refractivity contribution in [3.8, 4) is 5.75 Å². The molecule has 76 valence electrons. The Labute approximate surface area is 89.9 Å². The van der Waals surface area contributed by atoms with Crippen molar-refractivity contribution in [3.05, 3.63) is 29.8 Å². The number of ether oxygens (including phenoxy) is 1. The molecular formula is C12H16OS. The standard InChI is InChI=1S/C12H16OS/c1-10-3-5-11(6-4-10)13-9-12(2)7-8-14-12/h3-6H,7-9H2,1-2H3. The number of benzene rings is 1. The fourth-order valence-corrected chi connectivity index (χ4v) is 2.48. The van der Waals surface area contributed by atoms with Crippen molar-refractivity contribution >= 4 is 11.8 Å². The number of hydrogen-bond acceptors (Lipinski definition) is 2. The van der Waals surface area contributed by atoms with Crippen LogP contribution in [0.1, 0.15) is 18.9 Å². The molecule has 1 aliphatic heterocycles. The third-order valence-corrected chi connectivity index (χ3v) is 4.07. The maximum atomic E-state index is 5.75. The molecule has 1 aliphatic rings. The second-order valence-corrected chi connectivity index (χ2v) is 5.83. The predicted molar refractivity (Wildman–Crippen MR) is 62.2 cm³/mol. The molecule has 1 nitrogen and oxygen atoms in total. The van der Waals surface area contributed by atoms with Crippen LogP contribution in [0, 0.1) is 6.92 Å². The van der Waals surface area contributed by atoms with Crippen LogP contribution < -0.4 is 4.74 Å². The van der Waals surface area contributed by atoms with Crippen LogP contribution >= 0.6 is 11.8 Å². The number of hydrogen-bond donors (Lipinski definition) is 0. The summed E-state index contributed by atoms with van der Waals surface area (Å²) >= 11 is 2.01. The lowest BCUT2D eigenvalue weighted by atomic mass is 10.1. The Hall–Kier alpha value is -0.630. The van der Waals surface area contributed by atoms with Gasteiger partial charge in [0.1, 0.15) is 12.4 Å². The summed E-state index contributed by atoms with van der Waals surface area (Å²) in [5.74, 6) is 2.28. The van der Waals surface area contributed by atoms with Crippen LogP contribution in [-0.4, -0.2) is 17.1 Å². The first-order valence-electron chi connectivity index (χ1n) is 5.01. The normalized spacial score (nSPS) is 25.6. The van der Waals surface area contributed by atoms with Crippen molar-refractivity contribution in [1.29, 1.82) is 0 Å². The molecule has 0 spiro atoms. The van der Waals surface area contributed by atoms with Crippen LogP contribution in [0.3, 0.4) is 0 Å². The summed E-state index contributed by atoms with van der Waals surface area (Å²) in [7, 11) is 0. The maximum Gasteiger partial charge on any atom is 0.119 e. The first-order chi connectivity index (χ1) is 6.68. The highest BCUT2D eigenvalue weighted by molar-refractivity contribution is 8.02. The van der Waals surface area contributed by atoms with Gasteiger partial charge in [0.15, 0.2) is 0 Å². The highest BCUT2D eigenvalue weighted by atomic mass is 32.2. The molecule has 1 unspecified atom stereocenters. The molecule has 0 amide bonds. The van der Waals surface area contributed by atoms with Crippen molar-refractivity contribution in [1.82, 2.24) is 0 Å². The van der Waals surface area contributed by atoms with E-state index >= 15 is 0 Å². The van der Waals surface area contributed by atoms with Crippen molar-refractivity contribution in [2.45, 2.75) is 25.0 Å². The van der Waals surface area contributed by atoms with Crippen molar-refractivity contribution in [3.63, 3.8) is 0 Å². The minimum absolute atomic E-state index is 0.366. The zero-order chi connectivity index (χ0) is 10.0. The Morgan fingerprint density at radius 2 is 2.00 bits per heavy atom. The molecule has 1 aromatic rings. The quantitative estimate of drug-likeness (QED) is 0.754. The zero-order valence-corrected chi connectivity index (χ0v) is 9.56. The zero-order valence-electron chi connectivity index (χ0n) is 8.75.